The molecule has 3 rings (SSSR count). The minimum Gasteiger partial charge on any atom is -0.324 e. The molecule has 0 aliphatic carbocycles. The van der Waals surface area contributed by atoms with E-state index in [0.717, 1.165) is 29.7 Å². The highest BCUT2D eigenvalue weighted by atomic mass is 79.9. The number of carbonyl (C=O) groups excluding carboxylic acids is 1. The number of rotatable bonds is 3. The summed E-state index contributed by atoms with van der Waals surface area (Å²) in [5.74, 6) is 0.0670. The van der Waals surface area contributed by atoms with Crippen molar-refractivity contribution >= 4 is 39.9 Å². The highest BCUT2D eigenvalue weighted by Crippen LogP contribution is 2.24. The summed E-state index contributed by atoms with van der Waals surface area (Å²) >= 11 is 3.50. The van der Waals surface area contributed by atoms with Gasteiger partial charge in [0.05, 0.1) is 12.2 Å². The summed E-state index contributed by atoms with van der Waals surface area (Å²) in [5.41, 5.74) is 2.02. The number of carbonyl (C=O) groups is 1. The highest BCUT2D eigenvalue weighted by molar-refractivity contribution is 9.10. The first-order valence-corrected chi connectivity index (χ1v) is 8.44. The minimum atomic E-state index is 0. The van der Waals surface area contributed by atoms with Crippen LogP contribution < -0.4 is 10.6 Å². The Hall–Kier alpha value is -0.620. The normalized spacial score (nSPS) is 24.5. The Balaban J connectivity index is 0.00000176. The predicted octanol–water partition coefficient (Wildman–Crippen LogP) is 2.94. The van der Waals surface area contributed by atoms with Crippen molar-refractivity contribution in [2.45, 2.75) is 38.3 Å². The Labute approximate surface area is 146 Å². The molecule has 2 aliphatic heterocycles. The maximum Gasteiger partial charge on any atom is 0.238 e. The summed E-state index contributed by atoms with van der Waals surface area (Å²) in [7, 11) is 0. The van der Waals surface area contributed by atoms with Gasteiger partial charge in [0, 0.05) is 29.6 Å². The quantitative estimate of drug-likeness (QED) is 0.837. The van der Waals surface area contributed by atoms with Crippen molar-refractivity contribution in [1.82, 2.24) is 10.2 Å². The largest absolute Gasteiger partial charge is 0.324 e. The third-order valence-electron chi connectivity index (χ3n) is 4.37. The second-order valence-corrected chi connectivity index (χ2v) is 7.05. The van der Waals surface area contributed by atoms with Gasteiger partial charge in [-0.1, -0.05) is 6.07 Å². The molecule has 0 aromatic heterocycles. The van der Waals surface area contributed by atoms with Gasteiger partial charge >= 0.3 is 0 Å². The first-order chi connectivity index (χ1) is 10.1. The molecule has 1 aromatic rings. The Morgan fingerprint density at radius 3 is 2.91 bits per heavy atom. The number of anilines is 1. The number of nitrogens with zero attached hydrogens (tertiary/aromatic N) is 1. The van der Waals surface area contributed by atoms with Crippen LogP contribution in [0.4, 0.5) is 5.69 Å². The average Bonchev–Trinajstić information content (AvgIpc) is 2.76. The topological polar surface area (TPSA) is 44.4 Å². The fourth-order valence-corrected chi connectivity index (χ4v) is 3.87. The van der Waals surface area contributed by atoms with Gasteiger partial charge in [-0.3, -0.25) is 9.69 Å². The number of benzene rings is 1. The van der Waals surface area contributed by atoms with Crippen molar-refractivity contribution in [3.05, 3.63) is 28.2 Å². The highest BCUT2D eigenvalue weighted by Gasteiger charge is 2.29. The smallest absolute Gasteiger partial charge is 0.238 e. The van der Waals surface area contributed by atoms with Gasteiger partial charge in [-0.25, -0.2) is 0 Å². The molecule has 22 heavy (non-hydrogen) atoms. The average molecular weight is 389 g/mol. The summed E-state index contributed by atoms with van der Waals surface area (Å²) in [6, 6.07) is 7.20. The molecule has 1 aromatic carbocycles. The number of aryl methyl sites for hydroxylation is 1. The van der Waals surface area contributed by atoms with Gasteiger partial charge in [0.25, 0.3) is 0 Å². The third-order valence-corrected chi connectivity index (χ3v) is 5.03. The molecule has 1 amide bonds. The molecule has 0 saturated carbocycles. The van der Waals surface area contributed by atoms with E-state index in [0.29, 0.717) is 18.6 Å². The summed E-state index contributed by atoms with van der Waals surface area (Å²) in [6.45, 7) is 4.51. The van der Waals surface area contributed by atoms with E-state index < -0.39 is 0 Å². The standard InChI is InChI=1S/C16H22BrN3O.ClH/c1-11-2-5-15(14(17)8-11)19-16(21)10-20-7-6-12-3-4-13(9-20)18-12;/h2,5,8,12-13,18H,3-4,6-7,9-10H2,1H3,(H,19,21);1H. The number of amides is 1. The van der Waals surface area contributed by atoms with Crippen LogP contribution in [0, 0.1) is 6.92 Å². The number of hydrogen-bond donors (Lipinski definition) is 2. The summed E-state index contributed by atoms with van der Waals surface area (Å²) in [4.78, 5) is 14.5. The number of hydrogen-bond acceptors (Lipinski definition) is 3. The Morgan fingerprint density at radius 2 is 2.14 bits per heavy atom. The van der Waals surface area contributed by atoms with Gasteiger partial charge in [-0.15, -0.1) is 12.4 Å². The summed E-state index contributed by atoms with van der Waals surface area (Å²) in [5, 5.41) is 6.64. The first-order valence-electron chi connectivity index (χ1n) is 7.64. The van der Waals surface area contributed by atoms with Crippen LogP contribution >= 0.6 is 28.3 Å². The molecule has 0 spiro atoms. The van der Waals surface area contributed by atoms with Crippen LogP contribution in [0.2, 0.25) is 0 Å². The lowest BCUT2D eigenvalue weighted by Gasteiger charge is -2.23. The van der Waals surface area contributed by atoms with E-state index in [2.05, 4.69) is 31.5 Å². The van der Waals surface area contributed by atoms with Crippen LogP contribution in [0.15, 0.2) is 22.7 Å². The van der Waals surface area contributed by atoms with E-state index in [4.69, 9.17) is 0 Å². The number of fused-ring (bicyclic) bond motifs is 2. The number of nitrogens with one attached hydrogen (secondary N) is 2. The van der Waals surface area contributed by atoms with Crippen molar-refractivity contribution in [3.63, 3.8) is 0 Å². The van der Waals surface area contributed by atoms with E-state index in [9.17, 15) is 4.79 Å². The second-order valence-electron chi connectivity index (χ2n) is 6.19. The van der Waals surface area contributed by atoms with Gasteiger partial charge in [-0.05, 0) is 59.8 Å². The predicted molar refractivity (Wildman–Crippen MR) is 95.8 cm³/mol. The van der Waals surface area contributed by atoms with E-state index in [1.165, 1.54) is 18.4 Å². The van der Waals surface area contributed by atoms with E-state index >= 15 is 0 Å². The molecule has 0 radical (unpaired) electrons. The molecule has 2 aliphatic rings. The lowest BCUT2D eigenvalue weighted by atomic mass is 10.1. The van der Waals surface area contributed by atoms with Crippen LogP contribution in [-0.2, 0) is 4.79 Å². The zero-order chi connectivity index (χ0) is 14.8. The van der Waals surface area contributed by atoms with Crippen LogP contribution in [-0.4, -0.2) is 42.5 Å². The van der Waals surface area contributed by atoms with E-state index in [1.54, 1.807) is 0 Å². The molecule has 2 heterocycles. The van der Waals surface area contributed by atoms with Crippen molar-refractivity contribution in [2.75, 3.05) is 25.0 Å². The second kappa shape index (κ2) is 7.77. The van der Waals surface area contributed by atoms with Gasteiger partial charge in [-0.2, -0.15) is 0 Å². The van der Waals surface area contributed by atoms with Gasteiger partial charge in [0.2, 0.25) is 5.91 Å². The van der Waals surface area contributed by atoms with Crippen molar-refractivity contribution in [2.24, 2.45) is 0 Å². The van der Waals surface area contributed by atoms with Gasteiger partial charge in [0.15, 0.2) is 0 Å². The summed E-state index contributed by atoms with van der Waals surface area (Å²) in [6.07, 6.45) is 3.69. The summed E-state index contributed by atoms with van der Waals surface area (Å²) < 4.78 is 0.937. The lowest BCUT2D eigenvalue weighted by Crippen LogP contribution is -2.39. The molecular weight excluding hydrogens is 366 g/mol. The van der Waals surface area contributed by atoms with E-state index in [1.807, 2.05) is 25.1 Å². The van der Waals surface area contributed by atoms with Crippen molar-refractivity contribution in [3.8, 4) is 0 Å². The molecule has 2 bridgehead atoms. The number of halogens is 2. The zero-order valence-electron chi connectivity index (χ0n) is 12.8. The van der Waals surface area contributed by atoms with Crippen LogP contribution in [0.3, 0.4) is 0 Å². The first kappa shape index (κ1) is 17.7. The molecule has 2 atom stereocenters. The number of likely N-dealkylation sites (tertiary alicyclic amines) is 1. The molecule has 2 fully saturated rings. The fraction of sp³-hybridized carbons (Fsp3) is 0.562. The van der Waals surface area contributed by atoms with Gasteiger partial charge in [0.1, 0.15) is 0 Å². The molecule has 2 N–H and O–H groups in total. The molecular formula is C16H23BrClN3O. The SMILES string of the molecule is Cc1ccc(NC(=O)CN2CCC3CCC(C2)N3)c(Br)c1.Cl. The van der Waals surface area contributed by atoms with Crippen LogP contribution in [0.5, 0.6) is 0 Å². The Bertz CT molecular complexity index is 540. The molecule has 2 unspecified atom stereocenters. The van der Waals surface area contributed by atoms with Crippen molar-refractivity contribution in [1.29, 1.82) is 0 Å². The Morgan fingerprint density at radius 1 is 1.36 bits per heavy atom. The lowest BCUT2D eigenvalue weighted by molar-refractivity contribution is -0.117. The van der Waals surface area contributed by atoms with Crippen LogP contribution in [0.1, 0.15) is 24.8 Å². The molecule has 122 valence electrons. The Kier molecular flexibility index (Phi) is 6.26. The molecule has 4 nitrogen and oxygen atoms in total. The zero-order valence-corrected chi connectivity index (χ0v) is 15.2. The van der Waals surface area contributed by atoms with Crippen molar-refractivity contribution < 1.29 is 4.79 Å². The molecule has 6 heteroatoms. The third kappa shape index (κ3) is 4.44. The maximum atomic E-state index is 12.2. The van der Waals surface area contributed by atoms with E-state index in [-0.39, 0.29) is 18.3 Å². The maximum absolute atomic E-state index is 12.2. The van der Waals surface area contributed by atoms with Crippen LogP contribution in [0.25, 0.3) is 0 Å². The monoisotopic (exact) mass is 387 g/mol. The van der Waals surface area contributed by atoms with Gasteiger partial charge < -0.3 is 10.6 Å². The molecule has 2 saturated heterocycles. The fourth-order valence-electron chi connectivity index (χ4n) is 3.27. The minimum absolute atomic E-state index is 0.